The Balaban J connectivity index is 0.00000289. The van der Waals surface area contributed by atoms with Crippen molar-refractivity contribution in [2.75, 3.05) is 26.2 Å². The molecule has 1 N–H and O–H groups in total. The van der Waals surface area contributed by atoms with Crippen LogP contribution in [0.1, 0.15) is 36.1 Å². The van der Waals surface area contributed by atoms with Crippen molar-refractivity contribution in [2.24, 2.45) is 11.8 Å². The second-order valence-electron chi connectivity index (χ2n) is 8.74. The highest BCUT2D eigenvalue weighted by molar-refractivity contribution is 5.85. The number of nitrogens with zero attached hydrogens (tertiary/aromatic N) is 1. The summed E-state index contributed by atoms with van der Waals surface area (Å²) in [5.74, 6) is 5.80. The number of halogens is 2. The van der Waals surface area contributed by atoms with Crippen LogP contribution in [-0.2, 0) is 11.2 Å². The average molecular weight is 456 g/mol. The minimum absolute atomic E-state index is 0. The molecule has 0 amide bonds. The first-order chi connectivity index (χ1) is 14.9. The Morgan fingerprint density at radius 3 is 2.53 bits per heavy atom. The molecule has 4 nitrogen and oxygen atoms in total. The Bertz CT molecular complexity index is 1080. The lowest BCUT2D eigenvalue weighted by Gasteiger charge is -2.37. The Labute approximate surface area is 194 Å². The predicted octanol–water partition coefficient (Wildman–Crippen LogP) is 4.64. The highest BCUT2D eigenvalue weighted by Gasteiger charge is 2.33. The second-order valence-corrected chi connectivity index (χ2v) is 8.74. The summed E-state index contributed by atoms with van der Waals surface area (Å²) in [4.78, 5) is 13.0. The van der Waals surface area contributed by atoms with Gasteiger partial charge in [0.25, 0.3) is 0 Å². The summed E-state index contributed by atoms with van der Waals surface area (Å²) in [6.45, 7) is 6.40. The van der Waals surface area contributed by atoms with Crippen molar-refractivity contribution in [2.45, 2.75) is 20.3 Å². The fourth-order valence-electron chi connectivity index (χ4n) is 3.91. The fraction of sp³-hybridized carbons (Fsp3) is 0.346. The van der Waals surface area contributed by atoms with Crippen LogP contribution < -0.4 is 4.74 Å². The van der Waals surface area contributed by atoms with Gasteiger partial charge < -0.3 is 9.84 Å². The van der Waals surface area contributed by atoms with Crippen LogP contribution in [0.5, 0.6) is 5.75 Å². The standard InChI is InChI=1S/C26H26FNO3.ClH/c1-17(2)9-19-6-3-18(4-7-19)5-8-20-11-24(27)23-10-21(16-31-25(23)12-20)13-28-14-22(15-28)26(29)30;/h3-4,6-7,10-12,17,22H,9,13-16H2,1-2H3,(H,29,30);1H. The van der Waals surface area contributed by atoms with Crippen molar-refractivity contribution in [3.05, 3.63) is 70.0 Å². The average Bonchev–Trinajstić information content (AvgIpc) is 2.69. The maximum atomic E-state index is 14.7. The van der Waals surface area contributed by atoms with E-state index in [1.54, 1.807) is 6.07 Å². The quantitative estimate of drug-likeness (QED) is 0.667. The third-order valence-corrected chi connectivity index (χ3v) is 5.54. The first-order valence-electron chi connectivity index (χ1n) is 10.6. The number of carboxylic acids is 1. The van der Waals surface area contributed by atoms with E-state index in [0.717, 1.165) is 17.6 Å². The molecule has 2 aromatic carbocycles. The molecule has 0 saturated carbocycles. The van der Waals surface area contributed by atoms with Gasteiger partial charge in [-0.05, 0) is 53.8 Å². The highest BCUT2D eigenvalue weighted by Crippen LogP contribution is 2.31. The van der Waals surface area contributed by atoms with Gasteiger partial charge >= 0.3 is 5.97 Å². The SMILES string of the molecule is CC(C)Cc1ccc(C#Cc2cc(F)c3c(c2)OCC(CN2CC(C(=O)O)C2)=C3)cc1.Cl. The van der Waals surface area contributed by atoms with Gasteiger partial charge in [0.05, 0.1) is 11.5 Å². The molecule has 1 fully saturated rings. The van der Waals surface area contributed by atoms with E-state index >= 15 is 0 Å². The molecule has 0 bridgehead atoms. The van der Waals surface area contributed by atoms with E-state index in [2.05, 4.69) is 37.8 Å². The molecular weight excluding hydrogens is 429 g/mol. The second kappa shape index (κ2) is 10.2. The van der Waals surface area contributed by atoms with E-state index in [-0.39, 0.29) is 24.1 Å². The summed E-state index contributed by atoms with van der Waals surface area (Å²) in [6.07, 6.45) is 2.85. The molecule has 168 valence electrons. The van der Waals surface area contributed by atoms with Crippen LogP contribution >= 0.6 is 12.4 Å². The van der Waals surface area contributed by atoms with Gasteiger partial charge in [0.15, 0.2) is 0 Å². The number of aliphatic carboxylic acids is 1. The van der Waals surface area contributed by atoms with Crippen molar-refractivity contribution in [3.8, 4) is 17.6 Å². The number of hydrogen-bond acceptors (Lipinski definition) is 3. The van der Waals surface area contributed by atoms with Crippen molar-refractivity contribution in [1.29, 1.82) is 0 Å². The third kappa shape index (κ3) is 5.70. The Kier molecular flexibility index (Phi) is 7.60. The summed E-state index contributed by atoms with van der Waals surface area (Å²) in [7, 11) is 0. The van der Waals surface area contributed by atoms with E-state index in [0.29, 0.717) is 49.0 Å². The number of carbonyl (C=O) groups is 1. The molecule has 0 aromatic heterocycles. The number of rotatable bonds is 5. The number of fused-ring (bicyclic) bond motifs is 1. The van der Waals surface area contributed by atoms with E-state index in [9.17, 15) is 9.18 Å². The van der Waals surface area contributed by atoms with Gasteiger partial charge in [0.2, 0.25) is 0 Å². The lowest BCUT2D eigenvalue weighted by Crippen LogP contribution is -2.51. The molecule has 2 aromatic rings. The van der Waals surface area contributed by atoms with E-state index in [4.69, 9.17) is 9.84 Å². The third-order valence-electron chi connectivity index (χ3n) is 5.54. The Morgan fingerprint density at radius 1 is 1.19 bits per heavy atom. The molecular formula is C26H27ClFNO3. The minimum Gasteiger partial charge on any atom is -0.488 e. The van der Waals surface area contributed by atoms with E-state index in [1.807, 2.05) is 23.1 Å². The number of hydrogen-bond donors (Lipinski definition) is 1. The zero-order chi connectivity index (χ0) is 22.0. The molecule has 32 heavy (non-hydrogen) atoms. The lowest BCUT2D eigenvalue weighted by atomic mass is 9.98. The zero-order valence-electron chi connectivity index (χ0n) is 18.2. The summed E-state index contributed by atoms with van der Waals surface area (Å²) >= 11 is 0. The van der Waals surface area contributed by atoms with Gasteiger partial charge in [0, 0.05) is 30.8 Å². The first kappa shape index (κ1) is 23.8. The zero-order valence-corrected chi connectivity index (χ0v) is 19.0. The molecule has 0 radical (unpaired) electrons. The highest BCUT2D eigenvalue weighted by atomic mass is 35.5. The summed E-state index contributed by atoms with van der Waals surface area (Å²) < 4.78 is 20.5. The summed E-state index contributed by atoms with van der Waals surface area (Å²) in [5.41, 5.74) is 4.12. The van der Waals surface area contributed by atoms with Gasteiger partial charge in [-0.15, -0.1) is 12.4 Å². The monoisotopic (exact) mass is 455 g/mol. The van der Waals surface area contributed by atoms with Crippen LogP contribution in [0.2, 0.25) is 0 Å². The van der Waals surface area contributed by atoms with Crippen LogP contribution in [0.4, 0.5) is 4.39 Å². The molecule has 0 atom stereocenters. The van der Waals surface area contributed by atoms with Crippen molar-refractivity contribution in [3.63, 3.8) is 0 Å². The van der Waals surface area contributed by atoms with E-state index in [1.165, 1.54) is 11.6 Å². The van der Waals surface area contributed by atoms with Crippen LogP contribution in [0.25, 0.3) is 6.08 Å². The smallest absolute Gasteiger partial charge is 0.309 e. The summed E-state index contributed by atoms with van der Waals surface area (Å²) in [6, 6.07) is 11.4. The normalized spacial score (nSPS) is 15.4. The number of ether oxygens (including phenoxy) is 1. The molecule has 6 heteroatoms. The molecule has 2 aliphatic rings. The molecule has 0 unspecified atom stereocenters. The van der Waals surface area contributed by atoms with Crippen molar-refractivity contribution < 1.29 is 19.0 Å². The molecule has 4 rings (SSSR count). The summed E-state index contributed by atoms with van der Waals surface area (Å²) in [5, 5.41) is 8.98. The van der Waals surface area contributed by atoms with Crippen LogP contribution in [0.3, 0.4) is 0 Å². The fourth-order valence-corrected chi connectivity index (χ4v) is 3.91. The van der Waals surface area contributed by atoms with Crippen LogP contribution in [0, 0.1) is 29.5 Å². The Hall–Kier alpha value is -2.81. The van der Waals surface area contributed by atoms with E-state index < -0.39 is 5.97 Å². The van der Waals surface area contributed by atoms with Gasteiger partial charge in [-0.25, -0.2) is 4.39 Å². The van der Waals surface area contributed by atoms with Crippen LogP contribution in [-0.4, -0.2) is 42.2 Å². The topological polar surface area (TPSA) is 49.8 Å². The van der Waals surface area contributed by atoms with Gasteiger partial charge in [-0.2, -0.15) is 0 Å². The van der Waals surface area contributed by atoms with Crippen LogP contribution in [0.15, 0.2) is 42.0 Å². The molecule has 0 aliphatic carbocycles. The first-order valence-corrected chi connectivity index (χ1v) is 10.6. The Morgan fingerprint density at radius 2 is 1.88 bits per heavy atom. The number of benzene rings is 2. The maximum Gasteiger partial charge on any atom is 0.309 e. The largest absolute Gasteiger partial charge is 0.488 e. The van der Waals surface area contributed by atoms with Gasteiger partial charge in [-0.3, -0.25) is 9.69 Å². The molecule has 0 spiro atoms. The number of likely N-dealkylation sites (tertiary alicyclic amines) is 1. The molecule has 1 saturated heterocycles. The number of carboxylic acid groups (broad SMARTS) is 1. The maximum absolute atomic E-state index is 14.7. The lowest BCUT2D eigenvalue weighted by molar-refractivity contribution is -0.147. The minimum atomic E-state index is -0.762. The molecule has 2 aliphatic heterocycles. The van der Waals surface area contributed by atoms with Gasteiger partial charge in [-0.1, -0.05) is 37.8 Å². The predicted molar refractivity (Wildman–Crippen MR) is 126 cm³/mol. The van der Waals surface area contributed by atoms with Crippen molar-refractivity contribution in [1.82, 2.24) is 4.90 Å². The van der Waals surface area contributed by atoms with Crippen molar-refractivity contribution >= 4 is 24.5 Å². The molecule has 2 heterocycles. The van der Waals surface area contributed by atoms with Gasteiger partial charge in [0.1, 0.15) is 18.2 Å².